The number of nitriles is 1. The Bertz CT molecular complexity index is 1170. The van der Waals surface area contributed by atoms with Crippen molar-refractivity contribution in [2.75, 3.05) is 38.2 Å². The molecule has 0 unspecified atom stereocenters. The molecule has 1 saturated heterocycles. The number of amides is 1. The fourth-order valence-electron chi connectivity index (χ4n) is 5.14. The van der Waals surface area contributed by atoms with E-state index in [1.54, 1.807) is 0 Å². The van der Waals surface area contributed by atoms with E-state index < -0.39 is 43.4 Å². The third kappa shape index (κ3) is 6.52. The van der Waals surface area contributed by atoms with Gasteiger partial charge < -0.3 is 20.1 Å². The summed E-state index contributed by atoms with van der Waals surface area (Å²) < 4.78 is 72.6. The first-order chi connectivity index (χ1) is 17.9. The first-order valence-corrected chi connectivity index (χ1v) is 14.3. The van der Waals surface area contributed by atoms with Crippen molar-refractivity contribution in [3.05, 3.63) is 23.8 Å². The topological polar surface area (TPSA) is 123 Å². The first-order valence-electron chi connectivity index (χ1n) is 12.8. The highest BCUT2D eigenvalue weighted by Crippen LogP contribution is 2.41. The second-order valence-electron chi connectivity index (χ2n) is 10.4. The van der Waals surface area contributed by atoms with Crippen LogP contribution in [-0.2, 0) is 20.8 Å². The van der Waals surface area contributed by atoms with E-state index in [9.17, 15) is 26.4 Å². The lowest BCUT2D eigenvalue weighted by Gasteiger charge is -2.36. The molecule has 0 radical (unpaired) electrons. The molecule has 4 fully saturated rings. The average molecular weight is 559 g/mol. The number of carbonyl (C=O) groups is 1. The van der Waals surface area contributed by atoms with Crippen LogP contribution in [-0.4, -0.2) is 80.7 Å². The number of carboxylic acid groups (broad SMARTS) is 1. The summed E-state index contributed by atoms with van der Waals surface area (Å²) in [6.45, 7) is 2.95. The normalized spacial score (nSPS) is 25.2. The first kappa shape index (κ1) is 28.4. The fraction of sp³-hybridized carbons (Fsp3) is 0.680. The number of anilines is 1. The predicted molar refractivity (Wildman–Crippen MR) is 133 cm³/mol. The lowest BCUT2D eigenvalue weighted by Crippen LogP contribution is -2.47. The Balaban J connectivity index is 0.000000317. The van der Waals surface area contributed by atoms with Gasteiger partial charge in [0.1, 0.15) is 5.54 Å². The molecule has 210 valence electrons. The van der Waals surface area contributed by atoms with Crippen molar-refractivity contribution >= 4 is 21.6 Å². The van der Waals surface area contributed by atoms with Crippen LogP contribution in [0.15, 0.2) is 23.1 Å². The molecule has 0 aromatic heterocycles. The van der Waals surface area contributed by atoms with Gasteiger partial charge in [-0.1, -0.05) is 0 Å². The average Bonchev–Trinajstić information content (AvgIpc) is 3.81. The molecule has 5 rings (SSSR count). The third-order valence-corrected chi connectivity index (χ3v) is 10.0. The molecule has 0 spiro atoms. The van der Waals surface area contributed by atoms with Crippen LogP contribution in [0.4, 0.5) is 23.7 Å². The number of benzene rings is 1. The maximum Gasteiger partial charge on any atom is 0.417 e. The largest absolute Gasteiger partial charge is 0.465 e. The van der Waals surface area contributed by atoms with Gasteiger partial charge in [0.15, 0.2) is 9.84 Å². The van der Waals surface area contributed by atoms with E-state index in [0.717, 1.165) is 25.2 Å². The summed E-state index contributed by atoms with van der Waals surface area (Å²) in [4.78, 5) is 13.6. The predicted octanol–water partition coefficient (Wildman–Crippen LogP) is 3.64. The molecular weight excluding hydrogens is 525 g/mol. The molecule has 1 aromatic rings. The minimum absolute atomic E-state index is 0.217. The van der Waals surface area contributed by atoms with Crippen molar-refractivity contribution in [2.24, 2.45) is 0 Å². The van der Waals surface area contributed by atoms with Crippen molar-refractivity contribution < 1.29 is 36.2 Å². The van der Waals surface area contributed by atoms with Crippen molar-refractivity contribution in [2.45, 2.75) is 79.0 Å². The molecule has 13 heteroatoms. The number of halogens is 3. The van der Waals surface area contributed by atoms with Crippen LogP contribution in [0.5, 0.6) is 0 Å². The zero-order valence-corrected chi connectivity index (χ0v) is 22.0. The second-order valence-corrected chi connectivity index (χ2v) is 12.6. The minimum Gasteiger partial charge on any atom is -0.465 e. The maximum atomic E-state index is 13.8. The molecule has 1 aliphatic heterocycles. The molecule has 3 aliphatic carbocycles. The van der Waals surface area contributed by atoms with E-state index in [0.29, 0.717) is 50.5 Å². The molecule has 38 heavy (non-hydrogen) atoms. The zero-order valence-electron chi connectivity index (χ0n) is 21.2. The molecular formula is C25H33F3N4O5S. The number of hydrogen-bond donors (Lipinski definition) is 2. The third-order valence-electron chi connectivity index (χ3n) is 7.74. The monoisotopic (exact) mass is 558 g/mol. The lowest BCUT2D eigenvalue weighted by atomic mass is 10.1. The van der Waals surface area contributed by atoms with E-state index in [4.69, 9.17) is 15.1 Å². The van der Waals surface area contributed by atoms with Gasteiger partial charge in [0.2, 0.25) is 0 Å². The summed E-state index contributed by atoms with van der Waals surface area (Å²) in [5.41, 5.74) is -1.35. The van der Waals surface area contributed by atoms with Crippen LogP contribution in [0, 0.1) is 11.3 Å². The van der Waals surface area contributed by atoms with Crippen LogP contribution < -0.4 is 10.2 Å². The van der Waals surface area contributed by atoms with Crippen LogP contribution in [0.1, 0.15) is 50.5 Å². The molecule has 0 bridgehead atoms. The van der Waals surface area contributed by atoms with Gasteiger partial charge in [0.05, 0.1) is 27.9 Å². The summed E-state index contributed by atoms with van der Waals surface area (Å²) in [5.74, 6) is 0. The molecule has 1 aromatic carbocycles. The number of methoxy groups -OCH3 is 1. The Labute approximate surface area is 220 Å². The lowest BCUT2D eigenvalue weighted by molar-refractivity contribution is -0.139. The van der Waals surface area contributed by atoms with E-state index in [1.165, 1.54) is 26.0 Å². The standard InChI is InChI=1S/C20H27F3N2O3S.C5H6N2O2/c1-28-16-5-6-17(13-16)29(26,27)19-7-4-15(12-18(19)20(21,22)23)25-10-8-24(9-11-25)14-2-3-14;6-3-5(1-2-5)7-4(8)9/h4,7,12,14,16-17H,2-3,5-6,8-11,13H2,1H3;7H,1-2H2,(H,8,9)/t16-,17-;/m1./s1. The van der Waals surface area contributed by atoms with E-state index in [2.05, 4.69) is 10.2 Å². The maximum absolute atomic E-state index is 13.8. The summed E-state index contributed by atoms with van der Waals surface area (Å²) in [6, 6.07) is 6.22. The van der Waals surface area contributed by atoms with Crippen molar-refractivity contribution in [1.29, 1.82) is 5.26 Å². The van der Waals surface area contributed by atoms with E-state index in [-0.39, 0.29) is 12.5 Å². The Hall–Kier alpha value is -2.56. The van der Waals surface area contributed by atoms with Gasteiger partial charge >= 0.3 is 12.3 Å². The van der Waals surface area contributed by atoms with Crippen molar-refractivity contribution in [3.8, 4) is 6.07 Å². The molecule has 4 aliphatic rings. The Kier molecular flexibility index (Phi) is 8.16. The number of rotatable bonds is 6. The summed E-state index contributed by atoms with van der Waals surface area (Å²) in [7, 11) is -2.58. The number of hydrogen-bond acceptors (Lipinski definition) is 7. The molecule has 9 nitrogen and oxygen atoms in total. The van der Waals surface area contributed by atoms with Crippen molar-refractivity contribution in [3.63, 3.8) is 0 Å². The molecule has 2 N–H and O–H groups in total. The van der Waals surface area contributed by atoms with Crippen LogP contribution in [0.25, 0.3) is 0 Å². The van der Waals surface area contributed by atoms with Gasteiger partial charge in [-0.2, -0.15) is 18.4 Å². The molecule has 3 saturated carbocycles. The minimum atomic E-state index is -4.73. The number of nitrogens with zero attached hydrogens (tertiary/aromatic N) is 3. The van der Waals surface area contributed by atoms with Gasteiger partial charge in [0.25, 0.3) is 0 Å². The molecule has 1 heterocycles. The number of sulfone groups is 1. The van der Waals surface area contributed by atoms with Gasteiger partial charge in [-0.3, -0.25) is 4.90 Å². The number of piperazine rings is 1. The Morgan fingerprint density at radius 1 is 1.16 bits per heavy atom. The number of nitrogens with one attached hydrogen (secondary N) is 1. The van der Waals surface area contributed by atoms with E-state index in [1.807, 2.05) is 11.0 Å². The summed E-state index contributed by atoms with van der Waals surface area (Å²) >= 11 is 0. The molecule has 1 amide bonds. The number of alkyl halides is 3. The Morgan fingerprint density at radius 2 is 1.82 bits per heavy atom. The van der Waals surface area contributed by atoms with E-state index >= 15 is 0 Å². The number of ether oxygens (including phenoxy) is 1. The van der Waals surface area contributed by atoms with Gasteiger partial charge in [-0.15, -0.1) is 0 Å². The fourth-order valence-corrected chi connectivity index (χ4v) is 7.15. The quantitative estimate of drug-likeness (QED) is 0.543. The summed E-state index contributed by atoms with van der Waals surface area (Å²) in [5, 5.41) is 17.8. The van der Waals surface area contributed by atoms with Gasteiger partial charge in [0, 0.05) is 45.0 Å². The highest BCUT2D eigenvalue weighted by Gasteiger charge is 2.45. The second kappa shape index (κ2) is 10.9. The van der Waals surface area contributed by atoms with Gasteiger partial charge in [-0.25, -0.2) is 13.2 Å². The molecule has 2 atom stereocenters. The smallest absolute Gasteiger partial charge is 0.417 e. The van der Waals surface area contributed by atoms with Gasteiger partial charge in [-0.05, 0) is 63.1 Å². The van der Waals surface area contributed by atoms with Crippen molar-refractivity contribution in [1.82, 2.24) is 10.2 Å². The SMILES string of the molecule is CO[C@@H]1CC[C@@H](S(=O)(=O)c2ccc(N3CCN(C4CC4)CC3)cc2C(F)(F)F)C1.N#CC1(NC(=O)O)CC1. The summed E-state index contributed by atoms with van der Waals surface area (Å²) in [6.07, 6.45) is -1.25. The highest BCUT2D eigenvalue weighted by molar-refractivity contribution is 7.92. The van der Waals surface area contributed by atoms with Crippen LogP contribution in [0.3, 0.4) is 0 Å². The highest BCUT2D eigenvalue weighted by atomic mass is 32.2. The van der Waals surface area contributed by atoms with Crippen LogP contribution >= 0.6 is 0 Å². The zero-order chi connectivity index (χ0) is 27.7. The van der Waals surface area contributed by atoms with Crippen LogP contribution in [0.2, 0.25) is 0 Å². The Morgan fingerprint density at radius 3 is 2.26 bits per heavy atom.